The zero-order valence-corrected chi connectivity index (χ0v) is 12.6. The average molecular weight is 253 g/mol. The molecule has 106 valence electrons. The molecule has 1 N–H and O–H groups in total. The lowest BCUT2D eigenvalue weighted by molar-refractivity contribution is -0.0758. The summed E-state index contributed by atoms with van der Waals surface area (Å²) in [5, 5.41) is 3.35. The van der Waals surface area contributed by atoms with E-state index in [1.54, 1.807) is 0 Å². The standard InChI is InChI=1S/C16H31NO/c1-4-15(2,13-17-3)12-14-8-11-16(18-14)9-6-5-7-10-16/h14,17H,4-13H2,1-3H3. The Balaban J connectivity index is 1.88. The van der Waals surface area contributed by atoms with Gasteiger partial charge in [-0.05, 0) is 51.0 Å². The normalized spacial score (nSPS) is 30.5. The molecule has 2 nitrogen and oxygen atoms in total. The van der Waals surface area contributed by atoms with E-state index in [2.05, 4.69) is 26.2 Å². The van der Waals surface area contributed by atoms with Crippen LogP contribution in [0.5, 0.6) is 0 Å². The molecule has 2 heteroatoms. The fourth-order valence-electron chi connectivity index (χ4n) is 3.92. The molecule has 18 heavy (non-hydrogen) atoms. The Labute approximate surface area is 113 Å². The van der Waals surface area contributed by atoms with E-state index in [-0.39, 0.29) is 5.60 Å². The number of hydrogen-bond donors (Lipinski definition) is 1. The summed E-state index contributed by atoms with van der Waals surface area (Å²) in [7, 11) is 2.06. The van der Waals surface area contributed by atoms with Crippen LogP contribution in [0, 0.1) is 5.41 Å². The van der Waals surface area contributed by atoms with Crippen LogP contribution in [0.2, 0.25) is 0 Å². The highest BCUT2D eigenvalue weighted by atomic mass is 16.5. The van der Waals surface area contributed by atoms with Gasteiger partial charge in [0.2, 0.25) is 0 Å². The van der Waals surface area contributed by atoms with E-state index in [0.29, 0.717) is 11.5 Å². The average Bonchev–Trinajstić information content (AvgIpc) is 2.73. The highest BCUT2D eigenvalue weighted by Gasteiger charge is 2.42. The molecule has 1 saturated heterocycles. The van der Waals surface area contributed by atoms with Crippen LogP contribution < -0.4 is 5.32 Å². The molecule has 1 aliphatic carbocycles. The van der Waals surface area contributed by atoms with E-state index in [9.17, 15) is 0 Å². The summed E-state index contributed by atoms with van der Waals surface area (Å²) in [6.07, 6.45) is 12.4. The molecule has 2 aliphatic rings. The molecule has 2 unspecified atom stereocenters. The predicted octanol–water partition coefficient (Wildman–Crippen LogP) is 3.89. The smallest absolute Gasteiger partial charge is 0.0687 e. The first-order chi connectivity index (χ1) is 8.61. The highest BCUT2D eigenvalue weighted by molar-refractivity contribution is 4.93. The molecule has 0 bridgehead atoms. The molecule has 0 aromatic heterocycles. The van der Waals surface area contributed by atoms with E-state index < -0.39 is 0 Å². The number of nitrogens with one attached hydrogen (secondary N) is 1. The summed E-state index contributed by atoms with van der Waals surface area (Å²) in [6.45, 7) is 5.82. The van der Waals surface area contributed by atoms with Crippen LogP contribution in [0.4, 0.5) is 0 Å². The maximum atomic E-state index is 6.51. The van der Waals surface area contributed by atoms with E-state index in [1.807, 2.05) is 0 Å². The maximum Gasteiger partial charge on any atom is 0.0687 e. The van der Waals surface area contributed by atoms with E-state index in [4.69, 9.17) is 4.74 Å². The summed E-state index contributed by atoms with van der Waals surface area (Å²) in [5.74, 6) is 0. The first kappa shape index (κ1) is 14.3. The minimum absolute atomic E-state index is 0.289. The van der Waals surface area contributed by atoms with Gasteiger partial charge in [-0.3, -0.25) is 0 Å². The van der Waals surface area contributed by atoms with Gasteiger partial charge >= 0.3 is 0 Å². The minimum atomic E-state index is 0.289. The van der Waals surface area contributed by atoms with Crippen LogP contribution >= 0.6 is 0 Å². The molecule has 0 aromatic carbocycles. The number of ether oxygens (including phenoxy) is 1. The lowest BCUT2D eigenvalue weighted by Crippen LogP contribution is -2.35. The Hall–Kier alpha value is -0.0800. The molecule has 0 amide bonds. The van der Waals surface area contributed by atoms with Crippen LogP contribution in [-0.4, -0.2) is 25.3 Å². The van der Waals surface area contributed by atoms with Crippen molar-refractivity contribution in [1.82, 2.24) is 5.32 Å². The highest BCUT2D eigenvalue weighted by Crippen LogP contribution is 2.44. The molecule has 0 aromatic rings. The van der Waals surface area contributed by atoms with Gasteiger partial charge < -0.3 is 10.1 Å². The van der Waals surface area contributed by atoms with Crippen molar-refractivity contribution in [1.29, 1.82) is 0 Å². The first-order valence-corrected chi connectivity index (χ1v) is 7.94. The Kier molecular flexibility index (Phi) is 4.71. The van der Waals surface area contributed by atoms with Crippen molar-refractivity contribution in [2.45, 2.75) is 83.3 Å². The molecular formula is C16H31NO. The molecule has 1 spiro atoms. The fourth-order valence-corrected chi connectivity index (χ4v) is 3.92. The van der Waals surface area contributed by atoms with E-state index >= 15 is 0 Å². The fraction of sp³-hybridized carbons (Fsp3) is 1.00. The van der Waals surface area contributed by atoms with Crippen LogP contribution in [0.15, 0.2) is 0 Å². The van der Waals surface area contributed by atoms with Crippen molar-refractivity contribution in [3.05, 3.63) is 0 Å². The van der Waals surface area contributed by atoms with Gasteiger partial charge in [0, 0.05) is 6.54 Å². The van der Waals surface area contributed by atoms with Gasteiger partial charge in [-0.2, -0.15) is 0 Å². The summed E-state index contributed by atoms with van der Waals surface area (Å²) in [6, 6.07) is 0. The van der Waals surface area contributed by atoms with Gasteiger partial charge in [-0.1, -0.05) is 33.1 Å². The van der Waals surface area contributed by atoms with Crippen molar-refractivity contribution in [3.8, 4) is 0 Å². The van der Waals surface area contributed by atoms with Gasteiger partial charge in [0.1, 0.15) is 0 Å². The molecule has 1 saturated carbocycles. The quantitative estimate of drug-likeness (QED) is 0.802. The van der Waals surface area contributed by atoms with Crippen molar-refractivity contribution in [3.63, 3.8) is 0 Å². The summed E-state index contributed by atoms with van der Waals surface area (Å²) in [4.78, 5) is 0. The SMILES string of the molecule is CCC(C)(CNC)CC1CCC2(CCCCC2)O1. The monoisotopic (exact) mass is 253 g/mol. The molecular weight excluding hydrogens is 222 g/mol. The molecule has 2 atom stereocenters. The molecule has 1 heterocycles. The third-order valence-corrected chi connectivity index (χ3v) is 5.28. The largest absolute Gasteiger partial charge is 0.372 e. The van der Waals surface area contributed by atoms with Crippen LogP contribution in [0.25, 0.3) is 0 Å². The molecule has 2 fully saturated rings. The Morgan fingerprint density at radius 2 is 1.94 bits per heavy atom. The number of rotatable bonds is 5. The van der Waals surface area contributed by atoms with Gasteiger partial charge in [0.05, 0.1) is 11.7 Å². The second-order valence-electron chi connectivity index (χ2n) is 6.92. The molecule has 0 radical (unpaired) electrons. The minimum Gasteiger partial charge on any atom is -0.372 e. The summed E-state index contributed by atoms with van der Waals surface area (Å²) >= 11 is 0. The predicted molar refractivity (Wildman–Crippen MR) is 76.9 cm³/mol. The van der Waals surface area contributed by atoms with Gasteiger partial charge in [0.15, 0.2) is 0 Å². The zero-order chi connectivity index (χ0) is 13.1. The summed E-state index contributed by atoms with van der Waals surface area (Å²) < 4.78 is 6.51. The summed E-state index contributed by atoms with van der Waals surface area (Å²) in [5.41, 5.74) is 0.691. The third kappa shape index (κ3) is 3.27. The topological polar surface area (TPSA) is 21.3 Å². The van der Waals surface area contributed by atoms with Crippen molar-refractivity contribution < 1.29 is 4.74 Å². The first-order valence-electron chi connectivity index (χ1n) is 7.94. The second-order valence-corrected chi connectivity index (χ2v) is 6.92. The molecule has 2 rings (SSSR count). The van der Waals surface area contributed by atoms with Gasteiger partial charge in [-0.15, -0.1) is 0 Å². The van der Waals surface area contributed by atoms with Crippen molar-refractivity contribution >= 4 is 0 Å². The van der Waals surface area contributed by atoms with Crippen molar-refractivity contribution in [2.75, 3.05) is 13.6 Å². The lowest BCUT2D eigenvalue weighted by Gasteiger charge is -2.35. The van der Waals surface area contributed by atoms with E-state index in [0.717, 1.165) is 6.54 Å². The zero-order valence-electron chi connectivity index (χ0n) is 12.6. The third-order valence-electron chi connectivity index (χ3n) is 5.28. The van der Waals surface area contributed by atoms with Crippen LogP contribution in [-0.2, 0) is 4.74 Å². The Morgan fingerprint density at radius 1 is 1.22 bits per heavy atom. The van der Waals surface area contributed by atoms with Gasteiger partial charge in [-0.25, -0.2) is 0 Å². The van der Waals surface area contributed by atoms with Gasteiger partial charge in [0.25, 0.3) is 0 Å². The van der Waals surface area contributed by atoms with E-state index in [1.165, 1.54) is 57.8 Å². The lowest BCUT2D eigenvalue weighted by atomic mass is 9.80. The Morgan fingerprint density at radius 3 is 2.56 bits per heavy atom. The molecule has 1 aliphatic heterocycles. The second kappa shape index (κ2) is 5.92. The van der Waals surface area contributed by atoms with Crippen molar-refractivity contribution in [2.24, 2.45) is 5.41 Å². The van der Waals surface area contributed by atoms with Crippen LogP contribution in [0.1, 0.15) is 71.6 Å². The van der Waals surface area contributed by atoms with Crippen LogP contribution in [0.3, 0.4) is 0 Å². The number of hydrogen-bond acceptors (Lipinski definition) is 2. The maximum absolute atomic E-state index is 6.51. The Bertz CT molecular complexity index is 260.